The molecule has 640 valence electrons. The number of carbonyl (C=O) groups excluding carboxylic acids is 9. The molecule has 0 aromatic heterocycles. The second kappa shape index (κ2) is 36.8. The molecule has 15 rings (SSSR count). The van der Waals surface area contributed by atoms with Crippen molar-refractivity contribution in [2.45, 2.75) is 173 Å². The molecule has 22 nitrogen and oxygen atoms in total. The fourth-order valence-electron chi connectivity index (χ4n) is 20.8. The maximum Gasteiger partial charge on any atom is 0.338 e. The van der Waals surface area contributed by atoms with Crippen molar-refractivity contribution in [3.8, 4) is 0 Å². The molecule has 8 aromatic carbocycles. The van der Waals surface area contributed by atoms with E-state index in [2.05, 4.69) is 54.2 Å². The Bertz CT molecular complexity index is 5130. The van der Waals surface area contributed by atoms with Gasteiger partial charge in [0.1, 0.15) is 25.4 Å². The maximum absolute atomic E-state index is 15.4. The molecule has 19 atom stereocenters. The Kier molecular flexibility index (Phi) is 25.8. The molecule has 0 bridgehead atoms. The fourth-order valence-corrected chi connectivity index (χ4v) is 20.8. The Balaban J connectivity index is 0.857. The highest BCUT2D eigenvalue weighted by molar-refractivity contribution is 5.94. The summed E-state index contributed by atoms with van der Waals surface area (Å²) in [6, 6.07) is 64.3. The Morgan fingerprint density at radius 1 is 0.390 bits per heavy atom. The Morgan fingerprint density at radius 3 is 1.20 bits per heavy atom. The van der Waals surface area contributed by atoms with Gasteiger partial charge in [0.15, 0.2) is 49.2 Å². The highest BCUT2D eigenvalue weighted by Gasteiger charge is 2.71. The number of benzene rings is 8. The van der Waals surface area contributed by atoms with Crippen LogP contribution in [0, 0.1) is 50.2 Å². The quantitative estimate of drug-likeness (QED) is 0.0211. The van der Waals surface area contributed by atoms with Crippen molar-refractivity contribution < 1.29 is 105 Å². The lowest BCUT2D eigenvalue weighted by molar-refractivity contribution is -0.344. The number of fused-ring (bicyclic) bond motifs is 7. The van der Waals surface area contributed by atoms with Crippen molar-refractivity contribution in [1.29, 1.82) is 0 Å². The predicted molar refractivity (Wildman–Crippen MR) is 450 cm³/mol. The van der Waals surface area contributed by atoms with Gasteiger partial charge >= 0.3 is 53.7 Å². The summed E-state index contributed by atoms with van der Waals surface area (Å²) >= 11 is 0. The average Bonchev–Trinajstić information content (AvgIpc) is 0.672. The molecule has 2 aliphatic heterocycles. The summed E-state index contributed by atoms with van der Waals surface area (Å²) in [6.45, 7) is 16.1. The maximum atomic E-state index is 15.4. The van der Waals surface area contributed by atoms with Gasteiger partial charge < -0.3 is 61.6 Å². The van der Waals surface area contributed by atoms with Crippen LogP contribution in [0.15, 0.2) is 267 Å². The number of carbonyl (C=O) groups is 9. The molecule has 4 saturated carbocycles. The van der Waals surface area contributed by atoms with Gasteiger partial charge in [0.2, 0.25) is 0 Å². The van der Waals surface area contributed by atoms with E-state index in [0.717, 1.165) is 32.1 Å². The number of hydrogen-bond donors (Lipinski definition) is 0. The Hall–Kier alpha value is -11.7. The highest BCUT2D eigenvalue weighted by Crippen LogP contribution is 2.76. The van der Waals surface area contributed by atoms with Crippen molar-refractivity contribution in [2.24, 2.45) is 50.2 Å². The SMILES string of the molecule is C=CCOC(=O)[C@]12CCC(C)(C)C[C@H]1C1=CC[C@@H]3[C@@]4(C)CC[C@H](O[C@@H]5O[C@H](CO[C@H]6O[C@H](COC(=O)c7ccccc7)[C@@H](OC(=O)c7ccccc7)[C@H](OC(=O)c7ccccc7)[C@H]6OC(=O)c6ccccc6)[C@@H](OC(=O)c6ccccc6)[C@H](OC(=O)c6ccccc6)[C@H]5OC(=O)c5ccccc5)[C@@](C)(COC(=O)c5ccccc5)C4CC[C@@]3(C)[C@]1(C)CC2. The van der Waals surface area contributed by atoms with Crippen LogP contribution in [-0.4, -0.2) is 148 Å². The van der Waals surface area contributed by atoms with Crippen molar-refractivity contribution in [2.75, 3.05) is 26.4 Å². The van der Waals surface area contributed by atoms with Crippen LogP contribution in [0.4, 0.5) is 0 Å². The van der Waals surface area contributed by atoms with Crippen molar-refractivity contribution in [3.63, 3.8) is 0 Å². The smallest absolute Gasteiger partial charge is 0.338 e. The topological polar surface area (TPSA) is 274 Å². The lowest BCUT2D eigenvalue weighted by Crippen LogP contribution is -2.68. The third-order valence-electron chi connectivity index (χ3n) is 27.5. The molecular weight excluding hydrogens is 1570 g/mol. The largest absolute Gasteiger partial charge is 0.461 e. The van der Waals surface area contributed by atoms with E-state index < -0.39 is 145 Å². The molecule has 0 amide bonds. The third-order valence-corrected chi connectivity index (χ3v) is 27.5. The average molecular weight is 1670 g/mol. The van der Waals surface area contributed by atoms with Gasteiger partial charge in [-0.2, -0.15) is 0 Å². The predicted octanol–water partition coefficient (Wildman–Crippen LogP) is 17.4. The first kappa shape index (κ1) is 86.3. The van der Waals surface area contributed by atoms with Gasteiger partial charge in [-0.05, 0) is 201 Å². The summed E-state index contributed by atoms with van der Waals surface area (Å²) in [6.07, 6.45) is -8.66. The van der Waals surface area contributed by atoms with Crippen LogP contribution in [0.5, 0.6) is 0 Å². The molecule has 6 fully saturated rings. The molecule has 0 N–H and O–H groups in total. The van der Waals surface area contributed by atoms with Crippen LogP contribution < -0.4 is 0 Å². The van der Waals surface area contributed by atoms with Gasteiger partial charge in [-0.1, -0.05) is 211 Å². The fraction of sp³-hybridized carbons (Fsp3) is 0.396. The standard InChI is InChI=1S/C101H104O22/c1-8-59-111-95(110)101-57-55-96(2,3)60-73(101)72-49-50-77-97(4)53-52-78(98(5,63-114-86(103)65-35-19-10-20-36-65)76(97)51-54-100(77,7)99(72,6)56-58-101)117-94-84(123-92(109)71-47-31-16-32-48-71)82(121-90(107)69-43-27-14-28-44-69)80(119-88(105)67-39-23-12-24-40-67)75(116-94)62-113-93-83(122-91(108)70-45-29-15-30-46-70)81(120-89(106)68-41-25-13-26-42-68)79(118-87(104)66-37-21-11-22-38-66)74(115-93)61-112-85(102)64-33-17-9-18-34-64/h8-49,73-84,93-94H,1,50-63H2,2-7H3/t73-,74+,75+,76?,77+,78-,79+,80+,81-,82-,83+,84+,93-,94-,97-,98-,99+,100+,101-/m0/s1. The van der Waals surface area contributed by atoms with E-state index in [0.29, 0.717) is 31.2 Å². The van der Waals surface area contributed by atoms with E-state index in [4.69, 9.17) is 61.6 Å². The minimum Gasteiger partial charge on any atom is -0.461 e. The molecule has 1 unspecified atom stereocenters. The minimum atomic E-state index is -1.99. The molecule has 8 aromatic rings. The zero-order valence-electron chi connectivity index (χ0n) is 69.9. The molecular formula is C101H104O22. The monoisotopic (exact) mass is 1670 g/mol. The molecule has 2 saturated heterocycles. The molecule has 0 spiro atoms. The van der Waals surface area contributed by atoms with Crippen molar-refractivity contribution in [1.82, 2.24) is 0 Å². The van der Waals surface area contributed by atoms with Crippen LogP contribution in [-0.2, 0) is 66.4 Å². The second-order valence-corrected chi connectivity index (χ2v) is 35.2. The summed E-state index contributed by atoms with van der Waals surface area (Å²) in [5.41, 5.74) is -1.06. The first-order valence-electron chi connectivity index (χ1n) is 42.4. The van der Waals surface area contributed by atoms with E-state index in [1.54, 1.807) is 158 Å². The Labute approximate surface area is 716 Å². The summed E-state index contributed by atoms with van der Waals surface area (Å²) < 4.78 is 87.4. The third kappa shape index (κ3) is 17.8. The second-order valence-electron chi connectivity index (χ2n) is 35.2. The number of ether oxygens (including phenoxy) is 13. The number of esters is 9. The summed E-state index contributed by atoms with van der Waals surface area (Å²) in [5, 5.41) is 0. The van der Waals surface area contributed by atoms with Gasteiger partial charge in [0.25, 0.3) is 0 Å². The summed E-state index contributed by atoms with van der Waals surface area (Å²) in [4.78, 5) is 134. The van der Waals surface area contributed by atoms with Crippen molar-refractivity contribution >= 4 is 53.7 Å². The summed E-state index contributed by atoms with van der Waals surface area (Å²) in [7, 11) is 0. The van der Waals surface area contributed by atoms with Crippen LogP contribution >= 0.6 is 0 Å². The van der Waals surface area contributed by atoms with Gasteiger partial charge in [0, 0.05) is 5.41 Å². The Morgan fingerprint density at radius 2 is 0.764 bits per heavy atom. The van der Waals surface area contributed by atoms with Gasteiger partial charge in [-0.3, -0.25) is 4.79 Å². The van der Waals surface area contributed by atoms with E-state index in [1.165, 1.54) is 90.5 Å². The zero-order chi connectivity index (χ0) is 86.3. The number of hydrogen-bond acceptors (Lipinski definition) is 22. The van der Waals surface area contributed by atoms with Crippen molar-refractivity contribution in [3.05, 3.63) is 311 Å². The van der Waals surface area contributed by atoms with Crippen LogP contribution in [0.3, 0.4) is 0 Å². The van der Waals surface area contributed by atoms with E-state index >= 15 is 19.2 Å². The summed E-state index contributed by atoms with van der Waals surface area (Å²) in [5.74, 6) is -7.67. The normalized spacial score (nSPS) is 30.3. The molecule has 123 heavy (non-hydrogen) atoms. The van der Waals surface area contributed by atoms with Gasteiger partial charge in [-0.25, -0.2) is 38.4 Å². The zero-order valence-corrected chi connectivity index (χ0v) is 69.9. The lowest BCUT2D eigenvalue weighted by Gasteiger charge is -2.71. The van der Waals surface area contributed by atoms with Crippen LogP contribution in [0.2, 0.25) is 0 Å². The van der Waals surface area contributed by atoms with Crippen LogP contribution in [0.1, 0.15) is 189 Å². The molecule has 22 heteroatoms. The molecule has 5 aliphatic carbocycles. The van der Waals surface area contributed by atoms with Gasteiger partial charge in [0.05, 0.1) is 69.2 Å². The number of rotatable bonds is 26. The minimum absolute atomic E-state index is 0.0128. The van der Waals surface area contributed by atoms with Gasteiger partial charge in [-0.15, -0.1) is 0 Å². The highest BCUT2D eigenvalue weighted by atomic mass is 16.8. The van der Waals surface area contributed by atoms with E-state index in [-0.39, 0.29) is 98.5 Å². The molecule has 0 radical (unpaired) electrons. The first-order valence-corrected chi connectivity index (χ1v) is 42.4. The molecule has 2 heterocycles. The number of allylic oxidation sites excluding steroid dienone is 2. The van der Waals surface area contributed by atoms with E-state index in [1.807, 2.05) is 6.07 Å². The van der Waals surface area contributed by atoms with Crippen LogP contribution in [0.25, 0.3) is 0 Å². The first-order chi connectivity index (χ1) is 59.3. The molecule has 7 aliphatic rings. The van der Waals surface area contributed by atoms with E-state index in [9.17, 15) is 24.0 Å². The lowest BCUT2D eigenvalue weighted by atomic mass is 9.33.